The highest BCUT2D eigenvalue weighted by Gasteiger charge is 2.28. The highest BCUT2D eigenvalue weighted by molar-refractivity contribution is 5.63. The van der Waals surface area contributed by atoms with Crippen molar-refractivity contribution in [3.05, 3.63) is 42.2 Å². The summed E-state index contributed by atoms with van der Waals surface area (Å²) in [6.07, 6.45) is 1.38. The average Bonchev–Trinajstić information content (AvgIpc) is 3.23. The van der Waals surface area contributed by atoms with Crippen molar-refractivity contribution in [3.63, 3.8) is 0 Å². The third-order valence-electron chi connectivity index (χ3n) is 4.34. The number of fused-ring (bicyclic) bond motifs is 1. The van der Waals surface area contributed by atoms with Crippen LogP contribution >= 0.6 is 0 Å². The number of alkyl halides is 3. The summed E-state index contributed by atoms with van der Waals surface area (Å²) in [4.78, 5) is 7.98. The summed E-state index contributed by atoms with van der Waals surface area (Å²) in [7, 11) is 0. The van der Waals surface area contributed by atoms with Crippen LogP contribution in [0.4, 0.5) is 27.8 Å². The van der Waals surface area contributed by atoms with Crippen LogP contribution in [-0.2, 0) is 0 Å². The molecule has 0 radical (unpaired) electrons. The number of nitrogens with zero attached hydrogens (tertiary/aromatic N) is 3. The van der Waals surface area contributed by atoms with Crippen LogP contribution in [0.15, 0.2) is 30.6 Å². The third-order valence-corrected chi connectivity index (χ3v) is 4.34. The molecule has 1 fully saturated rings. The molecular weight excluding hydrogens is 385 g/mol. The van der Waals surface area contributed by atoms with Crippen molar-refractivity contribution in [1.82, 2.24) is 19.7 Å². The number of ether oxygens (including phenoxy) is 1. The van der Waals surface area contributed by atoms with Crippen molar-refractivity contribution in [2.24, 2.45) is 0 Å². The first-order chi connectivity index (χ1) is 13.4. The number of anilines is 1. The normalized spacial score (nSPS) is 19.5. The number of halogens is 5. The Morgan fingerprint density at radius 1 is 1.21 bits per heavy atom. The molecule has 0 amide bonds. The number of imidazole rings is 1. The maximum absolute atomic E-state index is 14.4. The summed E-state index contributed by atoms with van der Waals surface area (Å²) in [5, 5.41) is 5.46. The maximum atomic E-state index is 14.4. The smallest absolute Gasteiger partial charge is 0.387 e. The lowest BCUT2D eigenvalue weighted by molar-refractivity contribution is -0.0498. The van der Waals surface area contributed by atoms with Gasteiger partial charge in [-0.2, -0.15) is 8.78 Å². The molecule has 4 rings (SSSR count). The summed E-state index contributed by atoms with van der Waals surface area (Å²) in [6, 6.07) is 2.45. The first kappa shape index (κ1) is 18.4. The molecule has 0 spiro atoms. The molecule has 2 N–H and O–H groups in total. The fraction of sp³-hybridized carbons (Fsp3) is 0.294. The molecule has 3 aromatic heterocycles. The van der Waals surface area contributed by atoms with Gasteiger partial charge in [0, 0.05) is 31.4 Å². The fourth-order valence-corrected chi connectivity index (χ4v) is 3.02. The van der Waals surface area contributed by atoms with Crippen molar-refractivity contribution in [2.45, 2.75) is 18.8 Å². The zero-order valence-corrected chi connectivity index (χ0v) is 14.2. The van der Waals surface area contributed by atoms with E-state index in [-0.39, 0.29) is 41.7 Å². The van der Waals surface area contributed by atoms with E-state index in [1.165, 1.54) is 28.9 Å². The Hall–Kier alpha value is -2.95. The molecule has 3 aromatic rings. The Morgan fingerprint density at radius 2 is 2.04 bits per heavy atom. The molecule has 0 bridgehead atoms. The van der Waals surface area contributed by atoms with Gasteiger partial charge in [-0.05, 0) is 6.07 Å². The number of pyridine rings is 2. The second-order valence-corrected chi connectivity index (χ2v) is 6.19. The topological polar surface area (TPSA) is 63.5 Å². The van der Waals surface area contributed by atoms with E-state index in [9.17, 15) is 22.0 Å². The highest BCUT2D eigenvalue weighted by atomic mass is 19.3. The molecule has 148 valence electrons. The van der Waals surface area contributed by atoms with Gasteiger partial charge in [-0.15, -0.1) is 0 Å². The van der Waals surface area contributed by atoms with Gasteiger partial charge in [0.15, 0.2) is 17.5 Å². The summed E-state index contributed by atoms with van der Waals surface area (Å²) >= 11 is 0. The second kappa shape index (κ2) is 7.23. The zero-order chi connectivity index (χ0) is 19.8. The number of rotatable bonds is 5. The molecule has 0 aromatic carbocycles. The number of aromatic nitrogens is 3. The first-order valence-electron chi connectivity index (χ1n) is 8.32. The molecule has 28 heavy (non-hydrogen) atoms. The van der Waals surface area contributed by atoms with E-state index < -0.39 is 30.5 Å². The van der Waals surface area contributed by atoms with Crippen LogP contribution < -0.4 is 15.4 Å². The van der Waals surface area contributed by atoms with Crippen molar-refractivity contribution >= 4 is 11.5 Å². The molecular formula is C17H14F5N5O. The lowest BCUT2D eigenvalue weighted by Gasteiger charge is -2.16. The molecule has 11 heteroatoms. The quantitative estimate of drug-likeness (QED) is 0.646. The summed E-state index contributed by atoms with van der Waals surface area (Å²) in [5.41, 5.74) is 0.151. The minimum atomic E-state index is -2.99. The summed E-state index contributed by atoms with van der Waals surface area (Å²) in [6.45, 7) is -2.59. The van der Waals surface area contributed by atoms with E-state index in [0.29, 0.717) is 6.07 Å². The van der Waals surface area contributed by atoms with Gasteiger partial charge in [-0.25, -0.2) is 23.1 Å². The Labute approximate surface area is 155 Å². The summed E-state index contributed by atoms with van der Waals surface area (Å²) < 4.78 is 72.6. The van der Waals surface area contributed by atoms with Crippen LogP contribution in [0.3, 0.4) is 0 Å². The minimum Gasteiger partial charge on any atom is -0.435 e. The Morgan fingerprint density at radius 3 is 2.75 bits per heavy atom. The van der Waals surface area contributed by atoms with Gasteiger partial charge in [0.1, 0.15) is 23.3 Å². The van der Waals surface area contributed by atoms with Crippen LogP contribution in [0, 0.1) is 11.6 Å². The SMILES string of the molecule is Fc1cc(F)c(-c2cnc3cc(OC(F)F)ccn23)nc1N[C@H]1CNC[C@@H]1F. The highest BCUT2D eigenvalue weighted by Crippen LogP contribution is 2.28. The van der Waals surface area contributed by atoms with Crippen LogP contribution in [0.5, 0.6) is 5.75 Å². The van der Waals surface area contributed by atoms with Gasteiger partial charge >= 0.3 is 6.61 Å². The van der Waals surface area contributed by atoms with Crippen molar-refractivity contribution in [2.75, 3.05) is 18.4 Å². The first-order valence-corrected chi connectivity index (χ1v) is 8.32. The van der Waals surface area contributed by atoms with Crippen LogP contribution in [0.1, 0.15) is 0 Å². The fourth-order valence-electron chi connectivity index (χ4n) is 3.02. The number of hydrogen-bond donors (Lipinski definition) is 2. The Bertz CT molecular complexity index is 1010. The standard InChI is InChI=1S/C17H14F5N5O/c18-9-4-10(19)16(25-12-6-23-5-11(12)20)26-15(9)13-7-24-14-3-8(28-17(21)22)1-2-27(13)14/h1-4,7,11-12,17,23H,5-6H2,(H,25,26)/t11-,12-/m0/s1. The zero-order valence-electron chi connectivity index (χ0n) is 14.2. The number of nitrogens with one attached hydrogen (secondary N) is 2. The van der Waals surface area contributed by atoms with E-state index in [4.69, 9.17) is 0 Å². The lowest BCUT2D eigenvalue weighted by atomic mass is 10.2. The molecule has 1 aliphatic heterocycles. The van der Waals surface area contributed by atoms with Gasteiger partial charge in [-0.3, -0.25) is 4.40 Å². The van der Waals surface area contributed by atoms with Crippen molar-refractivity contribution < 1.29 is 26.7 Å². The Balaban J connectivity index is 1.71. The molecule has 1 aliphatic rings. The average molecular weight is 399 g/mol. The molecule has 0 unspecified atom stereocenters. The van der Waals surface area contributed by atoms with Crippen molar-refractivity contribution in [1.29, 1.82) is 0 Å². The molecule has 1 saturated heterocycles. The van der Waals surface area contributed by atoms with Crippen LogP contribution in [0.2, 0.25) is 0 Å². The van der Waals surface area contributed by atoms with Gasteiger partial charge < -0.3 is 15.4 Å². The van der Waals surface area contributed by atoms with Gasteiger partial charge in [-0.1, -0.05) is 0 Å². The molecule has 6 nitrogen and oxygen atoms in total. The van der Waals surface area contributed by atoms with E-state index in [0.717, 1.165) is 0 Å². The summed E-state index contributed by atoms with van der Waals surface area (Å²) in [5.74, 6) is -2.31. The monoisotopic (exact) mass is 399 g/mol. The maximum Gasteiger partial charge on any atom is 0.387 e. The van der Waals surface area contributed by atoms with E-state index in [1.54, 1.807) is 0 Å². The van der Waals surface area contributed by atoms with E-state index in [2.05, 4.69) is 25.3 Å². The molecule has 0 aliphatic carbocycles. The largest absolute Gasteiger partial charge is 0.435 e. The molecule has 0 saturated carbocycles. The molecule has 2 atom stereocenters. The van der Waals surface area contributed by atoms with Gasteiger partial charge in [0.05, 0.1) is 17.9 Å². The van der Waals surface area contributed by atoms with Crippen LogP contribution in [-0.4, -0.2) is 46.3 Å². The van der Waals surface area contributed by atoms with Crippen molar-refractivity contribution in [3.8, 4) is 17.1 Å². The predicted molar refractivity (Wildman–Crippen MR) is 90.1 cm³/mol. The van der Waals surface area contributed by atoms with E-state index >= 15 is 0 Å². The lowest BCUT2D eigenvalue weighted by Crippen LogP contribution is -2.30. The molecule has 4 heterocycles. The second-order valence-electron chi connectivity index (χ2n) is 6.19. The van der Waals surface area contributed by atoms with Gasteiger partial charge in [0.25, 0.3) is 0 Å². The van der Waals surface area contributed by atoms with Gasteiger partial charge in [0.2, 0.25) is 0 Å². The van der Waals surface area contributed by atoms with Crippen LogP contribution in [0.25, 0.3) is 17.0 Å². The Kier molecular flexibility index (Phi) is 4.75. The van der Waals surface area contributed by atoms with E-state index in [1.807, 2.05) is 0 Å². The minimum absolute atomic E-state index is 0.114. The predicted octanol–water partition coefficient (Wildman–Crippen LogP) is 3.00. The third kappa shape index (κ3) is 3.44. The number of hydrogen-bond acceptors (Lipinski definition) is 5.